The average molecular weight is 214 g/mol. The fraction of sp³-hybridized carbons (Fsp3) is 0.909. The van der Waals surface area contributed by atoms with Crippen LogP contribution in [0.4, 0.5) is 0 Å². The Labute approximate surface area is 89.6 Å². The molecule has 1 atom stereocenters. The van der Waals surface area contributed by atoms with Crippen LogP contribution in [0.3, 0.4) is 0 Å². The molecule has 2 rings (SSSR count). The largest absolute Gasteiger partial charge is 0.469 e. The Morgan fingerprint density at radius 3 is 2.60 bits per heavy atom. The molecule has 2 aliphatic rings. The standard InChI is InChI=1S/C11H18O4/c1-14-9(12)10(4-5-10)11(13)3-2-7-15-8-6-11/h13H,2-8H2,1H3. The number of rotatable bonds is 2. The summed E-state index contributed by atoms with van der Waals surface area (Å²) < 4.78 is 10.1. The van der Waals surface area contributed by atoms with E-state index in [2.05, 4.69) is 0 Å². The van der Waals surface area contributed by atoms with Gasteiger partial charge in [-0.05, 0) is 25.7 Å². The molecule has 0 spiro atoms. The molecule has 1 saturated carbocycles. The zero-order valence-electron chi connectivity index (χ0n) is 9.12. The highest BCUT2D eigenvalue weighted by Crippen LogP contribution is 2.58. The summed E-state index contributed by atoms with van der Waals surface area (Å²) in [7, 11) is 1.39. The molecule has 1 unspecified atom stereocenters. The van der Waals surface area contributed by atoms with E-state index in [-0.39, 0.29) is 5.97 Å². The molecule has 1 N–H and O–H groups in total. The first-order valence-corrected chi connectivity index (χ1v) is 5.53. The number of carbonyl (C=O) groups is 1. The van der Waals surface area contributed by atoms with Crippen molar-refractivity contribution in [2.45, 2.75) is 37.7 Å². The third-order valence-corrected chi connectivity index (χ3v) is 3.76. The van der Waals surface area contributed by atoms with Crippen molar-refractivity contribution >= 4 is 5.97 Å². The van der Waals surface area contributed by atoms with Gasteiger partial charge < -0.3 is 14.6 Å². The Morgan fingerprint density at radius 1 is 1.27 bits per heavy atom. The van der Waals surface area contributed by atoms with Crippen molar-refractivity contribution in [3.63, 3.8) is 0 Å². The van der Waals surface area contributed by atoms with Crippen molar-refractivity contribution in [1.29, 1.82) is 0 Å². The molecule has 0 radical (unpaired) electrons. The van der Waals surface area contributed by atoms with Gasteiger partial charge in [0.15, 0.2) is 0 Å². The molecule has 4 nitrogen and oxygen atoms in total. The molecular weight excluding hydrogens is 196 g/mol. The summed E-state index contributed by atoms with van der Waals surface area (Å²) in [5, 5.41) is 10.6. The highest BCUT2D eigenvalue weighted by molar-refractivity contribution is 5.81. The van der Waals surface area contributed by atoms with Crippen molar-refractivity contribution in [3.05, 3.63) is 0 Å². The van der Waals surface area contributed by atoms with Crippen molar-refractivity contribution in [2.24, 2.45) is 5.41 Å². The van der Waals surface area contributed by atoms with Gasteiger partial charge in [-0.3, -0.25) is 4.79 Å². The maximum Gasteiger partial charge on any atom is 0.314 e. The monoisotopic (exact) mass is 214 g/mol. The molecule has 86 valence electrons. The molecule has 1 saturated heterocycles. The van der Waals surface area contributed by atoms with Crippen LogP contribution in [0.25, 0.3) is 0 Å². The van der Waals surface area contributed by atoms with Crippen molar-refractivity contribution in [1.82, 2.24) is 0 Å². The summed E-state index contributed by atoms with van der Waals surface area (Å²) in [5.41, 5.74) is -1.54. The number of ether oxygens (including phenoxy) is 2. The third kappa shape index (κ3) is 1.66. The zero-order valence-corrected chi connectivity index (χ0v) is 9.12. The molecule has 0 amide bonds. The van der Waals surface area contributed by atoms with Gasteiger partial charge in [-0.1, -0.05) is 0 Å². The van der Waals surface area contributed by atoms with Gasteiger partial charge in [-0.25, -0.2) is 0 Å². The maximum atomic E-state index is 11.7. The van der Waals surface area contributed by atoms with Crippen LogP contribution in [-0.4, -0.2) is 37.0 Å². The lowest BCUT2D eigenvalue weighted by molar-refractivity contribution is -0.161. The first-order valence-electron chi connectivity index (χ1n) is 5.53. The lowest BCUT2D eigenvalue weighted by atomic mass is 9.78. The van der Waals surface area contributed by atoms with E-state index in [0.717, 1.165) is 19.3 Å². The van der Waals surface area contributed by atoms with Gasteiger partial charge in [-0.15, -0.1) is 0 Å². The van der Waals surface area contributed by atoms with Crippen molar-refractivity contribution < 1.29 is 19.4 Å². The lowest BCUT2D eigenvalue weighted by Crippen LogP contribution is -2.45. The van der Waals surface area contributed by atoms with E-state index >= 15 is 0 Å². The van der Waals surface area contributed by atoms with E-state index in [1.807, 2.05) is 0 Å². The third-order valence-electron chi connectivity index (χ3n) is 3.76. The number of hydrogen-bond donors (Lipinski definition) is 1. The second kappa shape index (κ2) is 3.76. The SMILES string of the molecule is COC(=O)C1(C2(O)CCCOCC2)CC1. The van der Waals surface area contributed by atoms with Gasteiger partial charge >= 0.3 is 5.97 Å². The molecule has 15 heavy (non-hydrogen) atoms. The highest BCUT2D eigenvalue weighted by Gasteiger charge is 2.64. The van der Waals surface area contributed by atoms with Gasteiger partial charge in [0.1, 0.15) is 0 Å². The zero-order chi connectivity index (χ0) is 10.9. The second-order valence-electron chi connectivity index (χ2n) is 4.57. The minimum absolute atomic E-state index is 0.257. The van der Waals surface area contributed by atoms with E-state index in [1.54, 1.807) is 0 Å². The van der Waals surface area contributed by atoms with E-state index in [9.17, 15) is 9.90 Å². The smallest absolute Gasteiger partial charge is 0.314 e. The Balaban J connectivity index is 2.16. The summed E-state index contributed by atoms with van der Waals surface area (Å²) in [5.74, 6) is -0.257. The van der Waals surface area contributed by atoms with Crippen LogP contribution in [0, 0.1) is 5.41 Å². The van der Waals surface area contributed by atoms with Gasteiger partial charge in [-0.2, -0.15) is 0 Å². The molecule has 1 aliphatic carbocycles. The topological polar surface area (TPSA) is 55.8 Å². The molecule has 1 heterocycles. The summed E-state index contributed by atoms with van der Waals surface area (Å²) >= 11 is 0. The van der Waals surface area contributed by atoms with E-state index < -0.39 is 11.0 Å². The summed E-state index contributed by atoms with van der Waals surface area (Å²) in [6, 6.07) is 0. The molecule has 1 aliphatic heterocycles. The van der Waals surface area contributed by atoms with Crippen LogP contribution < -0.4 is 0 Å². The highest BCUT2D eigenvalue weighted by atomic mass is 16.5. The normalized spacial score (nSPS) is 34.3. The minimum atomic E-state index is -0.906. The van der Waals surface area contributed by atoms with Crippen molar-refractivity contribution in [3.8, 4) is 0 Å². The molecule has 0 aromatic heterocycles. The lowest BCUT2D eigenvalue weighted by Gasteiger charge is -2.33. The second-order valence-corrected chi connectivity index (χ2v) is 4.57. The molecule has 2 fully saturated rings. The Morgan fingerprint density at radius 2 is 2.00 bits per heavy atom. The quantitative estimate of drug-likeness (QED) is 0.693. The van der Waals surface area contributed by atoms with Gasteiger partial charge in [0.25, 0.3) is 0 Å². The molecule has 4 heteroatoms. The number of methoxy groups -OCH3 is 1. The average Bonchev–Trinajstić information content (AvgIpc) is 3.02. The number of aliphatic hydroxyl groups is 1. The minimum Gasteiger partial charge on any atom is -0.469 e. The number of carbonyl (C=O) groups excluding carboxylic acids is 1. The number of esters is 1. The Kier molecular flexibility index (Phi) is 2.73. The predicted molar refractivity (Wildman–Crippen MR) is 53.3 cm³/mol. The van der Waals surface area contributed by atoms with Gasteiger partial charge in [0.05, 0.1) is 18.1 Å². The summed E-state index contributed by atoms with van der Waals surface area (Å²) in [6.07, 6.45) is 3.49. The Hall–Kier alpha value is -0.610. The Bertz CT molecular complexity index is 249. The van der Waals surface area contributed by atoms with Crippen LogP contribution in [0.5, 0.6) is 0 Å². The molecular formula is C11H18O4. The van der Waals surface area contributed by atoms with Crippen LogP contribution >= 0.6 is 0 Å². The van der Waals surface area contributed by atoms with Crippen LogP contribution in [-0.2, 0) is 14.3 Å². The fourth-order valence-corrected chi connectivity index (χ4v) is 2.59. The molecule has 0 bridgehead atoms. The van der Waals surface area contributed by atoms with Gasteiger partial charge in [0.2, 0.25) is 0 Å². The van der Waals surface area contributed by atoms with E-state index in [0.29, 0.717) is 26.1 Å². The molecule has 0 aromatic carbocycles. The van der Waals surface area contributed by atoms with Crippen LogP contribution in [0.15, 0.2) is 0 Å². The number of hydrogen-bond acceptors (Lipinski definition) is 4. The first kappa shape index (κ1) is 10.9. The molecule has 0 aromatic rings. The summed E-state index contributed by atoms with van der Waals surface area (Å²) in [4.78, 5) is 11.7. The predicted octanol–water partition coefficient (Wildman–Crippen LogP) is 0.871. The van der Waals surface area contributed by atoms with Crippen molar-refractivity contribution in [2.75, 3.05) is 20.3 Å². The van der Waals surface area contributed by atoms with Crippen LogP contribution in [0.1, 0.15) is 32.1 Å². The maximum absolute atomic E-state index is 11.7. The van der Waals surface area contributed by atoms with Gasteiger partial charge in [0, 0.05) is 19.6 Å². The fourth-order valence-electron chi connectivity index (χ4n) is 2.59. The summed E-state index contributed by atoms with van der Waals surface area (Å²) in [6.45, 7) is 1.22. The van der Waals surface area contributed by atoms with E-state index in [4.69, 9.17) is 9.47 Å². The van der Waals surface area contributed by atoms with Crippen LogP contribution in [0.2, 0.25) is 0 Å². The first-order chi connectivity index (χ1) is 7.15. The van der Waals surface area contributed by atoms with E-state index in [1.165, 1.54) is 7.11 Å².